The highest BCUT2D eigenvalue weighted by atomic mass is 16.3. The number of rotatable bonds is 2. The predicted octanol–water partition coefficient (Wildman–Crippen LogP) is 0.369. The fourth-order valence-electron chi connectivity index (χ4n) is 1.21. The second-order valence-corrected chi connectivity index (χ2v) is 2.89. The van der Waals surface area contributed by atoms with Gasteiger partial charge in [0.2, 0.25) is 0 Å². The van der Waals surface area contributed by atoms with Gasteiger partial charge in [-0.15, -0.1) is 0 Å². The molecule has 0 fully saturated rings. The third-order valence-electron chi connectivity index (χ3n) is 1.96. The molecule has 0 atom stereocenters. The molecule has 2 heterocycles. The molecule has 0 unspecified atom stereocenters. The maximum absolute atomic E-state index is 8.98. The smallest absolute Gasteiger partial charge is 0.113 e. The lowest BCUT2D eigenvalue weighted by Gasteiger charge is -1.93. The van der Waals surface area contributed by atoms with E-state index in [9.17, 15) is 0 Å². The van der Waals surface area contributed by atoms with Gasteiger partial charge < -0.3 is 5.11 Å². The number of aliphatic hydroxyl groups excluding tert-OH is 1. The third-order valence-corrected chi connectivity index (χ3v) is 1.96. The van der Waals surface area contributed by atoms with Crippen LogP contribution >= 0.6 is 0 Å². The van der Waals surface area contributed by atoms with E-state index in [1.165, 1.54) is 0 Å². The summed E-state index contributed by atoms with van der Waals surface area (Å²) in [5, 5.41) is 13.2. The van der Waals surface area contributed by atoms with Crippen LogP contribution in [0.3, 0.4) is 0 Å². The standard InChI is InChI=1S/C9H10N4O/c1-13-7(6-14)4-8(12-13)9-5-10-2-3-11-9/h2-5,14H,6H2,1H3. The Hall–Kier alpha value is -1.75. The lowest BCUT2D eigenvalue weighted by molar-refractivity contribution is 0.270. The zero-order valence-electron chi connectivity index (χ0n) is 7.75. The number of nitrogens with zero attached hydrogens (tertiary/aromatic N) is 4. The zero-order valence-corrected chi connectivity index (χ0v) is 7.75. The summed E-state index contributed by atoms with van der Waals surface area (Å²) in [5.74, 6) is 0. The maximum atomic E-state index is 8.98. The van der Waals surface area contributed by atoms with Gasteiger partial charge >= 0.3 is 0 Å². The van der Waals surface area contributed by atoms with E-state index in [-0.39, 0.29) is 6.61 Å². The average molecular weight is 190 g/mol. The Labute approximate surface area is 81.1 Å². The van der Waals surface area contributed by atoms with Gasteiger partial charge in [0.25, 0.3) is 0 Å². The minimum Gasteiger partial charge on any atom is -0.390 e. The number of aryl methyl sites for hydroxylation is 1. The molecule has 0 aliphatic carbocycles. The summed E-state index contributed by atoms with van der Waals surface area (Å²) in [6.45, 7) is -0.0240. The number of aromatic nitrogens is 4. The molecule has 0 bridgehead atoms. The molecule has 0 saturated heterocycles. The highest BCUT2D eigenvalue weighted by Gasteiger charge is 2.06. The van der Waals surface area contributed by atoms with E-state index in [1.54, 1.807) is 36.4 Å². The van der Waals surface area contributed by atoms with Crippen molar-refractivity contribution in [1.29, 1.82) is 0 Å². The van der Waals surface area contributed by atoms with Crippen LogP contribution in [0.25, 0.3) is 11.4 Å². The van der Waals surface area contributed by atoms with Crippen molar-refractivity contribution in [2.45, 2.75) is 6.61 Å². The summed E-state index contributed by atoms with van der Waals surface area (Å²) >= 11 is 0. The van der Waals surface area contributed by atoms with E-state index in [2.05, 4.69) is 15.1 Å². The Bertz CT molecular complexity index is 424. The third kappa shape index (κ3) is 1.49. The molecule has 5 nitrogen and oxygen atoms in total. The molecule has 14 heavy (non-hydrogen) atoms. The Kier molecular flexibility index (Phi) is 2.24. The van der Waals surface area contributed by atoms with Crippen molar-refractivity contribution in [2.75, 3.05) is 0 Å². The van der Waals surface area contributed by atoms with E-state index < -0.39 is 0 Å². The van der Waals surface area contributed by atoms with Gasteiger partial charge in [0.1, 0.15) is 11.4 Å². The van der Waals surface area contributed by atoms with Crippen LogP contribution in [0.2, 0.25) is 0 Å². The Morgan fingerprint density at radius 2 is 2.21 bits per heavy atom. The number of hydrogen-bond acceptors (Lipinski definition) is 4. The van der Waals surface area contributed by atoms with Gasteiger partial charge in [-0.3, -0.25) is 14.6 Å². The van der Waals surface area contributed by atoms with E-state index in [0.717, 1.165) is 11.4 Å². The summed E-state index contributed by atoms with van der Waals surface area (Å²) in [7, 11) is 1.78. The maximum Gasteiger partial charge on any atom is 0.113 e. The molecule has 72 valence electrons. The fourth-order valence-corrected chi connectivity index (χ4v) is 1.21. The van der Waals surface area contributed by atoms with Gasteiger partial charge in [-0.1, -0.05) is 0 Å². The van der Waals surface area contributed by atoms with E-state index in [0.29, 0.717) is 5.69 Å². The van der Waals surface area contributed by atoms with Crippen molar-refractivity contribution in [3.8, 4) is 11.4 Å². The largest absolute Gasteiger partial charge is 0.390 e. The first-order valence-electron chi connectivity index (χ1n) is 4.21. The number of aliphatic hydroxyl groups is 1. The topological polar surface area (TPSA) is 63.8 Å². The van der Waals surface area contributed by atoms with E-state index in [4.69, 9.17) is 5.11 Å². The normalized spacial score (nSPS) is 10.4. The SMILES string of the molecule is Cn1nc(-c2cnccn2)cc1CO. The van der Waals surface area contributed by atoms with Gasteiger partial charge in [-0.2, -0.15) is 5.10 Å². The molecule has 0 aliphatic rings. The highest BCUT2D eigenvalue weighted by molar-refractivity contribution is 5.52. The van der Waals surface area contributed by atoms with Crippen LogP contribution in [0.15, 0.2) is 24.7 Å². The van der Waals surface area contributed by atoms with Crippen LogP contribution in [0.1, 0.15) is 5.69 Å². The van der Waals surface area contributed by atoms with Crippen molar-refractivity contribution in [2.24, 2.45) is 7.05 Å². The second kappa shape index (κ2) is 3.55. The molecule has 0 amide bonds. The summed E-state index contributed by atoms with van der Waals surface area (Å²) in [5.41, 5.74) is 2.19. The summed E-state index contributed by atoms with van der Waals surface area (Å²) in [6.07, 6.45) is 4.87. The van der Waals surface area contributed by atoms with Crippen molar-refractivity contribution in [3.63, 3.8) is 0 Å². The van der Waals surface area contributed by atoms with Crippen molar-refractivity contribution in [1.82, 2.24) is 19.7 Å². The molecular formula is C9H10N4O. The minimum atomic E-state index is -0.0240. The van der Waals surface area contributed by atoms with Crippen molar-refractivity contribution < 1.29 is 5.11 Å². The van der Waals surface area contributed by atoms with Gasteiger partial charge in [0, 0.05) is 19.4 Å². The van der Waals surface area contributed by atoms with Crippen LogP contribution in [0, 0.1) is 0 Å². The first-order valence-corrected chi connectivity index (χ1v) is 4.21. The highest BCUT2D eigenvalue weighted by Crippen LogP contribution is 2.14. The minimum absolute atomic E-state index is 0.0240. The molecule has 1 N–H and O–H groups in total. The molecule has 0 radical (unpaired) electrons. The second-order valence-electron chi connectivity index (χ2n) is 2.89. The van der Waals surface area contributed by atoms with Crippen LogP contribution in [0.5, 0.6) is 0 Å². The first-order chi connectivity index (χ1) is 6.81. The molecule has 0 aliphatic heterocycles. The Morgan fingerprint density at radius 3 is 2.79 bits per heavy atom. The lowest BCUT2D eigenvalue weighted by atomic mass is 10.3. The molecule has 2 rings (SSSR count). The molecular weight excluding hydrogens is 180 g/mol. The van der Waals surface area contributed by atoms with Crippen LogP contribution in [-0.4, -0.2) is 24.9 Å². The average Bonchev–Trinajstić information content (AvgIpc) is 2.61. The van der Waals surface area contributed by atoms with Gasteiger partial charge in [0.05, 0.1) is 18.5 Å². The zero-order chi connectivity index (χ0) is 9.97. The summed E-state index contributed by atoms with van der Waals surface area (Å²) < 4.78 is 1.63. The molecule has 5 heteroatoms. The van der Waals surface area contributed by atoms with Gasteiger partial charge in [-0.05, 0) is 6.07 Å². The number of hydrogen-bond donors (Lipinski definition) is 1. The quantitative estimate of drug-likeness (QED) is 0.743. The van der Waals surface area contributed by atoms with Crippen molar-refractivity contribution in [3.05, 3.63) is 30.4 Å². The Morgan fingerprint density at radius 1 is 1.36 bits per heavy atom. The molecule has 2 aromatic rings. The lowest BCUT2D eigenvalue weighted by Crippen LogP contribution is -1.97. The van der Waals surface area contributed by atoms with Crippen LogP contribution in [-0.2, 0) is 13.7 Å². The van der Waals surface area contributed by atoms with E-state index >= 15 is 0 Å². The summed E-state index contributed by atoms with van der Waals surface area (Å²) in [6, 6.07) is 1.80. The molecule has 0 spiro atoms. The predicted molar refractivity (Wildman–Crippen MR) is 50.2 cm³/mol. The van der Waals surface area contributed by atoms with Crippen LogP contribution in [0.4, 0.5) is 0 Å². The van der Waals surface area contributed by atoms with Gasteiger partial charge in [0.15, 0.2) is 0 Å². The monoisotopic (exact) mass is 190 g/mol. The molecule has 0 saturated carbocycles. The van der Waals surface area contributed by atoms with Crippen molar-refractivity contribution >= 4 is 0 Å². The van der Waals surface area contributed by atoms with Gasteiger partial charge in [-0.25, -0.2) is 0 Å². The van der Waals surface area contributed by atoms with Crippen LogP contribution < -0.4 is 0 Å². The first kappa shape index (κ1) is 8.83. The van der Waals surface area contributed by atoms with E-state index in [1.807, 2.05) is 0 Å². The molecule has 2 aromatic heterocycles. The summed E-state index contributed by atoms with van der Waals surface area (Å²) in [4.78, 5) is 8.07. The molecule has 0 aromatic carbocycles. The Balaban J connectivity index is 2.43. The fraction of sp³-hybridized carbons (Fsp3) is 0.222.